The minimum Gasteiger partial charge on any atom is -0.507 e. The van der Waals surface area contributed by atoms with Gasteiger partial charge in [-0.2, -0.15) is 0 Å². The van der Waals surface area contributed by atoms with E-state index < -0.39 is 0 Å². The van der Waals surface area contributed by atoms with E-state index in [-0.39, 0.29) is 0 Å². The number of phenolic OH excluding ortho intramolecular Hbond substituents is 2. The Hall–Kier alpha value is -1.48. The SMILES string of the molecule is Oc1c2c(c(O)c3cc(Br)ccc13)CC=CC2. The van der Waals surface area contributed by atoms with Gasteiger partial charge in [-0.3, -0.25) is 0 Å². The second-order valence-corrected chi connectivity index (χ2v) is 5.14. The first kappa shape index (κ1) is 10.7. The largest absolute Gasteiger partial charge is 0.507 e. The molecule has 0 amide bonds. The number of fused-ring (bicyclic) bond motifs is 2. The normalized spacial score (nSPS) is 13.9. The van der Waals surface area contributed by atoms with Crippen LogP contribution in [0, 0.1) is 0 Å². The average Bonchev–Trinajstić information content (AvgIpc) is 2.36. The highest BCUT2D eigenvalue weighted by molar-refractivity contribution is 9.10. The summed E-state index contributed by atoms with van der Waals surface area (Å²) in [5.74, 6) is 0.586. The van der Waals surface area contributed by atoms with Crippen LogP contribution in [0.3, 0.4) is 0 Å². The van der Waals surface area contributed by atoms with Gasteiger partial charge in [-0.05, 0) is 31.0 Å². The molecule has 0 aromatic heterocycles. The predicted molar refractivity (Wildman–Crippen MR) is 71.5 cm³/mol. The average molecular weight is 291 g/mol. The zero-order valence-corrected chi connectivity index (χ0v) is 10.7. The smallest absolute Gasteiger partial charge is 0.127 e. The molecule has 0 radical (unpaired) electrons. The molecule has 2 nitrogen and oxygen atoms in total. The summed E-state index contributed by atoms with van der Waals surface area (Å²) < 4.78 is 0.894. The first-order valence-corrected chi connectivity index (χ1v) is 6.27. The van der Waals surface area contributed by atoms with Gasteiger partial charge in [0, 0.05) is 26.4 Å². The number of rotatable bonds is 0. The van der Waals surface area contributed by atoms with E-state index in [1.807, 2.05) is 30.4 Å². The van der Waals surface area contributed by atoms with Crippen LogP contribution in [0.15, 0.2) is 34.8 Å². The Morgan fingerprint density at radius 1 is 0.882 bits per heavy atom. The van der Waals surface area contributed by atoms with Crippen LogP contribution < -0.4 is 0 Å². The lowest BCUT2D eigenvalue weighted by Gasteiger charge is -2.17. The second-order valence-electron chi connectivity index (χ2n) is 4.22. The topological polar surface area (TPSA) is 40.5 Å². The van der Waals surface area contributed by atoms with Crippen molar-refractivity contribution in [2.24, 2.45) is 0 Å². The maximum atomic E-state index is 10.3. The minimum atomic E-state index is 0.290. The van der Waals surface area contributed by atoms with Crippen LogP contribution in [-0.4, -0.2) is 10.2 Å². The lowest BCUT2D eigenvalue weighted by molar-refractivity contribution is 0.459. The van der Waals surface area contributed by atoms with Gasteiger partial charge in [0.1, 0.15) is 11.5 Å². The lowest BCUT2D eigenvalue weighted by Crippen LogP contribution is -1.99. The molecule has 0 fully saturated rings. The highest BCUT2D eigenvalue weighted by atomic mass is 79.9. The molecule has 0 saturated carbocycles. The van der Waals surface area contributed by atoms with Gasteiger partial charge in [0.2, 0.25) is 0 Å². The minimum absolute atomic E-state index is 0.290. The summed E-state index contributed by atoms with van der Waals surface area (Å²) in [6, 6.07) is 5.53. The van der Waals surface area contributed by atoms with Crippen molar-refractivity contribution < 1.29 is 10.2 Å². The number of phenols is 2. The van der Waals surface area contributed by atoms with Crippen molar-refractivity contribution in [3.63, 3.8) is 0 Å². The predicted octanol–water partition coefficient (Wildman–Crippen LogP) is 3.67. The van der Waals surface area contributed by atoms with E-state index in [4.69, 9.17) is 0 Å². The number of halogens is 1. The molecule has 0 bridgehead atoms. The number of hydrogen-bond acceptors (Lipinski definition) is 2. The Morgan fingerprint density at radius 2 is 1.47 bits per heavy atom. The molecule has 1 aliphatic rings. The third kappa shape index (κ3) is 1.53. The molecule has 0 heterocycles. The molecule has 86 valence electrons. The molecule has 0 atom stereocenters. The van der Waals surface area contributed by atoms with E-state index in [1.54, 1.807) is 0 Å². The Kier molecular flexibility index (Phi) is 2.37. The van der Waals surface area contributed by atoms with Gasteiger partial charge in [0.25, 0.3) is 0 Å². The molecule has 0 unspecified atom stereocenters. The van der Waals surface area contributed by atoms with E-state index in [0.29, 0.717) is 35.1 Å². The fourth-order valence-electron chi connectivity index (χ4n) is 2.37. The van der Waals surface area contributed by atoms with Crippen molar-refractivity contribution in [3.05, 3.63) is 46.0 Å². The second kappa shape index (κ2) is 3.77. The standard InChI is InChI=1S/C14H11BrO2/c15-8-5-6-11-12(7-8)14(17)10-4-2-1-3-9(10)13(11)16/h1-2,5-7,16-17H,3-4H2. The Balaban J connectivity index is 2.45. The highest BCUT2D eigenvalue weighted by Gasteiger charge is 2.19. The Morgan fingerprint density at radius 3 is 2.12 bits per heavy atom. The third-order valence-electron chi connectivity index (χ3n) is 3.24. The van der Waals surface area contributed by atoms with Gasteiger partial charge in [0.05, 0.1) is 0 Å². The zero-order chi connectivity index (χ0) is 12.0. The summed E-state index contributed by atoms with van der Waals surface area (Å²) in [5.41, 5.74) is 1.69. The van der Waals surface area contributed by atoms with E-state index in [9.17, 15) is 10.2 Å². The third-order valence-corrected chi connectivity index (χ3v) is 3.73. The van der Waals surface area contributed by atoms with Gasteiger partial charge < -0.3 is 10.2 Å². The molecule has 0 spiro atoms. The quantitative estimate of drug-likeness (QED) is 0.574. The fourth-order valence-corrected chi connectivity index (χ4v) is 2.73. The van der Waals surface area contributed by atoms with Crippen LogP contribution in [-0.2, 0) is 12.8 Å². The Labute approximate surface area is 107 Å². The maximum Gasteiger partial charge on any atom is 0.127 e. The van der Waals surface area contributed by atoms with Crippen LogP contribution >= 0.6 is 15.9 Å². The van der Waals surface area contributed by atoms with E-state index in [1.165, 1.54) is 0 Å². The van der Waals surface area contributed by atoms with Crippen molar-refractivity contribution >= 4 is 26.7 Å². The zero-order valence-electron chi connectivity index (χ0n) is 9.07. The van der Waals surface area contributed by atoms with Crippen molar-refractivity contribution in [1.29, 1.82) is 0 Å². The molecule has 17 heavy (non-hydrogen) atoms. The number of allylic oxidation sites excluding steroid dienone is 2. The summed E-state index contributed by atoms with van der Waals surface area (Å²) >= 11 is 3.38. The molecule has 3 heteroatoms. The Bertz CT molecular complexity index is 644. The number of benzene rings is 2. The summed E-state index contributed by atoms with van der Waals surface area (Å²) in [5, 5.41) is 21.9. The summed E-state index contributed by atoms with van der Waals surface area (Å²) in [4.78, 5) is 0. The molecule has 1 aliphatic carbocycles. The van der Waals surface area contributed by atoms with Crippen molar-refractivity contribution in [3.8, 4) is 11.5 Å². The summed E-state index contributed by atoms with van der Waals surface area (Å²) in [6.45, 7) is 0. The van der Waals surface area contributed by atoms with Crippen molar-refractivity contribution in [1.82, 2.24) is 0 Å². The molecule has 3 rings (SSSR count). The lowest BCUT2D eigenvalue weighted by atomic mass is 9.91. The fraction of sp³-hybridized carbons (Fsp3) is 0.143. The molecule has 2 N–H and O–H groups in total. The molecule has 0 aliphatic heterocycles. The first-order valence-electron chi connectivity index (χ1n) is 5.48. The van der Waals surface area contributed by atoms with Gasteiger partial charge in [0.15, 0.2) is 0 Å². The van der Waals surface area contributed by atoms with Gasteiger partial charge in [-0.1, -0.05) is 28.1 Å². The van der Waals surface area contributed by atoms with Crippen LogP contribution in [0.1, 0.15) is 11.1 Å². The maximum absolute atomic E-state index is 10.3. The molecule has 2 aromatic rings. The summed E-state index contributed by atoms with van der Waals surface area (Å²) in [7, 11) is 0. The van der Waals surface area contributed by atoms with Gasteiger partial charge in [-0.25, -0.2) is 0 Å². The number of hydrogen-bond donors (Lipinski definition) is 2. The highest BCUT2D eigenvalue weighted by Crippen LogP contribution is 2.42. The van der Waals surface area contributed by atoms with E-state index in [2.05, 4.69) is 15.9 Å². The van der Waals surface area contributed by atoms with Gasteiger partial charge >= 0.3 is 0 Å². The van der Waals surface area contributed by atoms with Crippen LogP contribution in [0.2, 0.25) is 0 Å². The van der Waals surface area contributed by atoms with Crippen LogP contribution in [0.25, 0.3) is 10.8 Å². The summed E-state index contributed by atoms with van der Waals surface area (Å²) in [6.07, 6.45) is 5.40. The van der Waals surface area contributed by atoms with E-state index >= 15 is 0 Å². The van der Waals surface area contributed by atoms with E-state index in [0.717, 1.165) is 15.6 Å². The van der Waals surface area contributed by atoms with Crippen LogP contribution in [0.4, 0.5) is 0 Å². The molecular weight excluding hydrogens is 280 g/mol. The van der Waals surface area contributed by atoms with Gasteiger partial charge in [-0.15, -0.1) is 0 Å². The molecular formula is C14H11BrO2. The van der Waals surface area contributed by atoms with Crippen molar-refractivity contribution in [2.45, 2.75) is 12.8 Å². The monoisotopic (exact) mass is 290 g/mol. The van der Waals surface area contributed by atoms with Crippen molar-refractivity contribution in [2.75, 3.05) is 0 Å². The molecule has 2 aromatic carbocycles. The van der Waals surface area contributed by atoms with Crippen LogP contribution in [0.5, 0.6) is 11.5 Å². The molecule has 0 saturated heterocycles. The first-order chi connectivity index (χ1) is 8.18. The number of aromatic hydroxyl groups is 2.